The first-order chi connectivity index (χ1) is 16.5. The largest absolute Gasteiger partial charge is 0.339 e. The number of rotatable bonds is 5. The molecule has 174 valence electrons. The van der Waals surface area contributed by atoms with E-state index in [1.807, 2.05) is 0 Å². The topological polar surface area (TPSA) is 102 Å². The van der Waals surface area contributed by atoms with Crippen molar-refractivity contribution in [3.63, 3.8) is 0 Å². The molecule has 1 aliphatic heterocycles. The number of benzene rings is 1. The number of carbonyl (C=O) groups excluding carboxylic acids is 1. The van der Waals surface area contributed by atoms with Gasteiger partial charge in [0.05, 0.1) is 11.9 Å². The van der Waals surface area contributed by atoms with Crippen LogP contribution in [0, 0.1) is 12.7 Å². The number of piperazine rings is 1. The summed E-state index contributed by atoms with van der Waals surface area (Å²) in [5, 5.41) is 4.61. The fourth-order valence-electron chi connectivity index (χ4n) is 4.12. The number of carbonyl (C=O) groups is 1. The second-order valence-corrected chi connectivity index (χ2v) is 8.05. The van der Waals surface area contributed by atoms with Gasteiger partial charge in [-0.15, -0.1) is 0 Å². The van der Waals surface area contributed by atoms with Crippen LogP contribution in [0.1, 0.15) is 12.2 Å². The van der Waals surface area contributed by atoms with Gasteiger partial charge in [0.2, 0.25) is 11.9 Å². The Morgan fingerprint density at radius 2 is 1.76 bits per heavy atom. The van der Waals surface area contributed by atoms with E-state index in [4.69, 9.17) is 0 Å². The normalized spacial score (nSPS) is 14.1. The number of aryl methyl sites for hydroxylation is 1. The molecule has 11 heteroatoms. The predicted octanol–water partition coefficient (Wildman–Crippen LogP) is 1.56. The van der Waals surface area contributed by atoms with Crippen LogP contribution in [0.5, 0.6) is 0 Å². The van der Waals surface area contributed by atoms with E-state index in [1.54, 1.807) is 42.4 Å². The van der Waals surface area contributed by atoms with Gasteiger partial charge < -0.3 is 9.80 Å². The molecule has 5 rings (SSSR count). The molecule has 3 aromatic heterocycles. The van der Waals surface area contributed by atoms with Crippen LogP contribution in [-0.2, 0) is 11.3 Å². The van der Waals surface area contributed by atoms with E-state index < -0.39 is 0 Å². The van der Waals surface area contributed by atoms with E-state index in [0.29, 0.717) is 54.7 Å². The minimum Gasteiger partial charge on any atom is -0.339 e. The molecule has 4 aromatic rings. The molecule has 1 aliphatic rings. The number of halogens is 1. The summed E-state index contributed by atoms with van der Waals surface area (Å²) < 4.78 is 16.3. The smallest absolute Gasteiger partial charge is 0.264 e. The van der Waals surface area contributed by atoms with Crippen molar-refractivity contribution in [3.8, 4) is 5.69 Å². The Morgan fingerprint density at radius 3 is 2.47 bits per heavy atom. The Balaban J connectivity index is 1.27. The van der Waals surface area contributed by atoms with E-state index >= 15 is 0 Å². The Kier molecular flexibility index (Phi) is 5.74. The van der Waals surface area contributed by atoms with Crippen molar-refractivity contribution in [1.29, 1.82) is 0 Å². The number of aromatic nitrogens is 6. The van der Waals surface area contributed by atoms with Crippen LogP contribution in [0.15, 0.2) is 53.7 Å². The molecule has 0 radical (unpaired) electrons. The first-order valence-corrected chi connectivity index (χ1v) is 11.0. The summed E-state index contributed by atoms with van der Waals surface area (Å²) in [6.45, 7) is 4.43. The molecule has 0 aliphatic carbocycles. The summed E-state index contributed by atoms with van der Waals surface area (Å²) in [4.78, 5) is 42.8. The standard InChI is InChI=1S/C23H23FN8O2/c1-16-28-21-19(15-27-32(21)18-5-3-17(24)4-6-18)22(34)31(16)10-7-20(33)29-11-13-30(14-12-29)23-25-8-2-9-26-23/h2-6,8-9,15H,7,10-14H2,1H3. The van der Waals surface area contributed by atoms with Gasteiger partial charge >= 0.3 is 0 Å². The van der Waals surface area contributed by atoms with Crippen molar-refractivity contribution in [2.75, 3.05) is 31.1 Å². The zero-order chi connectivity index (χ0) is 23.7. The summed E-state index contributed by atoms with van der Waals surface area (Å²) in [6.07, 6.45) is 5.06. The van der Waals surface area contributed by atoms with E-state index in [9.17, 15) is 14.0 Å². The minimum absolute atomic E-state index is 0.0120. The molecule has 1 amide bonds. The summed E-state index contributed by atoms with van der Waals surface area (Å²) in [5.74, 6) is 0.783. The van der Waals surface area contributed by atoms with Crippen LogP contribution in [-0.4, -0.2) is 66.3 Å². The molecular formula is C23H23FN8O2. The number of anilines is 1. The zero-order valence-electron chi connectivity index (χ0n) is 18.6. The molecule has 10 nitrogen and oxygen atoms in total. The number of nitrogens with zero attached hydrogens (tertiary/aromatic N) is 8. The van der Waals surface area contributed by atoms with E-state index in [2.05, 4.69) is 25.0 Å². The molecule has 0 bridgehead atoms. The van der Waals surface area contributed by atoms with Gasteiger partial charge in [-0.05, 0) is 37.3 Å². The summed E-state index contributed by atoms with van der Waals surface area (Å²) in [6, 6.07) is 7.58. The molecule has 1 aromatic carbocycles. The van der Waals surface area contributed by atoms with Gasteiger partial charge in [-0.1, -0.05) is 0 Å². The molecule has 0 atom stereocenters. The van der Waals surface area contributed by atoms with Crippen LogP contribution < -0.4 is 10.5 Å². The molecule has 0 unspecified atom stereocenters. The monoisotopic (exact) mass is 462 g/mol. The van der Waals surface area contributed by atoms with Crippen molar-refractivity contribution in [1.82, 2.24) is 34.2 Å². The fraction of sp³-hybridized carbons (Fsp3) is 0.304. The highest BCUT2D eigenvalue weighted by atomic mass is 19.1. The minimum atomic E-state index is -0.355. The van der Waals surface area contributed by atoms with Gasteiger partial charge in [0.25, 0.3) is 5.56 Å². The zero-order valence-corrected chi connectivity index (χ0v) is 18.6. The van der Waals surface area contributed by atoms with Gasteiger partial charge in [0.1, 0.15) is 17.0 Å². The third-order valence-corrected chi connectivity index (χ3v) is 5.97. The molecular weight excluding hydrogens is 439 g/mol. The Labute approximate surface area is 194 Å². The summed E-state index contributed by atoms with van der Waals surface area (Å²) >= 11 is 0. The van der Waals surface area contributed by atoms with Crippen molar-refractivity contribution < 1.29 is 9.18 Å². The molecule has 34 heavy (non-hydrogen) atoms. The fourth-order valence-corrected chi connectivity index (χ4v) is 4.12. The highest BCUT2D eigenvalue weighted by Crippen LogP contribution is 2.16. The highest BCUT2D eigenvalue weighted by Gasteiger charge is 2.23. The Morgan fingerprint density at radius 1 is 1.06 bits per heavy atom. The first-order valence-electron chi connectivity index (χ1n) is 11.0. The van der Waals surface area contributed by atoms with Gasteiger partial charge in [0.15, 0.2) is 5.65 Å². The maximum Gasteiger partial charge on any atom is 0.264 e. The lowest BCUT2D eigenvalue weighted by Crippen LogP contribution is -2.49. The quantitative estimate of drug-likeness (QED) is 0.444. The van der Waals surface area contributed by atoms with Crippen molar-refractivity contribution in [2.45, 2.75) is 19.9 Å². The number of hydrogen-bond acceptors (Lipinski definition) is 7. The van der Waals surface area contributed by atoms with E-state index in [-0.39, 0.29) is 30.2 Å². The number of fused-ring (bicyclic) bond motifs is 1. The van der Waals surface area contributed by atoms with Gasteiger partial charge in [-0.25, -0.2) is 24.0 Å². The van der Waals surface area contributed by atoms with Gasteiger partial charge in [0, 0.05) is 51.5 Å². The second-order valence-electron chi connectivity index (χ2n) is 8.05. The number of amides is 1. The first kappa shape index (κ1) is 21.7. The lowest BCUT2D eigenvalue weighted by molar-refractivity contribution is -0.131. The number of hydrogen-bond donors (Lipinski definition) is 0. The molecule has 1 saturated heterocycles. The van der Waals surface area contributed by atoms with Crippen LogP contribution in [0.4, 0.5) is 10.3 Å². The van der Waals surface area contributed by atoms with Crippen molar-refractivity contribution >= 4 is 22.9 Å². The Hall–Kier alpha value is -4.15. The van der Waals surface area contributed by atoms with Crippen LogP contribution in [0.2, 0.25) is 0 Å². The SMILES string of the molecule is Cc1nc2c(cnn2-c2ccc(F)cc2)c(=O)n1CCC(=O)N1CCN(c2ncccn2)CC1. The molecule has 0 saturated carbocycles. The third-order valence-electron chi connectivity index (χ3n) is 5.97. The van der Waals surface area contributed by atoms with Crippen molar-refractivity contribution in [2.24, 2.45) is 0 Å². The van der Waals surface area contributed by atoms with E-state index in [1.165, 1.54) is 27.6 Å². The highest BCUT2D eigenvalue weighted by molar-refractivity contribution is 5.77. The average Bonchev–Trinajstić information content (AvgIpc) is 3.29. The van der Waals surface area contributed by atoms with Crippen LogP contribution in [0.25, 0.3) is 16.7 Å². The van der Waals surface area contributed by atoms with E-state index in [0.717, 1.165) is 0 Å². The van der Waals surface area contributed by atoms with Gasteiger partial charge in [-0.2, -0.15) is 5.10 Å². The maximum atomic E-state index is 13.3. The maximum absolute atomic E-state index is 13.3. The van der Waals surface area contributed by atoms with Gasteiger partial charge in [-0.3, -0.25) is 14.2 Å². The lowest BCUT2D eigenvalue weighted by Gasteiger charge is -2.34. The van der Waals surface area contributed by atoms with Crippen LogP contribution >= 0.6 is 0 Å². The molecule has 4 heterocycles. The van der Waals surface area contributed by atoms with Crippen molar-refractivity contribution in [3.05, 3.63) is 70.9 Å². The Bertz CT molecular complexity index is 1380. The lowest BCUT2D eigenvalue weighted by atomic mass is 10.2. The predicted molar refractivity (Wildman–Crippen MR) is 123 cm³/mol. The molecule has 0 N–H and O–H groups in total. The summed E-state index contributed by atoms with van der Waals surface area (Å²) in [7, 11) is 0. The third kappa shape index (κ3) is 4.12. The van der Waals surface area contributed by atoms with Crippen LogP contribution in [0.3, 0.4) is 0 Å². The second kappa shape index (κ2) is 9.00. The summed E-state index contributed by atoms with van der Waals surface area (Å²) in [5.41, 5.74) is 0.751. The molecule has 0 spiro atoms. The molecule has 1 fully saturated rings. The average molecular weight is 462 g/mol.